The minimum Gasteiger partial charge on any atom is -0.465 e. The summed E-state index contributed by atoms with van der Waals surface area (Å²) in [4.78, 5) is 26.3. The van der Waals surface area contributed by atoms with Gasteiger partial charge in [-0.1, -0.05) is 20.8 Å². The highest BCUT2D eigenvalue weighted by atomic mass is 16.5. The van der Waals surface area contributed by atoms with E-state index in [1.165, 1.54) is 38.5 Å². The van der Waals surface area contributed by atoms with Gasteiger partial charge in [0.05, 0.1) is 26.2 Å². The molecule has 4 bridgehead atoms. The van der Waals surface area contributed by atoms with Crippen LogP contribution in [0.3, 0.4) is 0 Å². The molecule has 1 unspecified atom stereocenters. The lowest BCUT2D eigenvalue weighted by Crippen LogP contribution is -2.47. The van der Waals surface area contributed by atoms with E-state index in [1.807, 2.05) is 25.7 Å². The summed E-state index contributed by atoms with van der Waals surface area (Å²) in [6, 6.07) is 0. The maximum absolute atomic E-state index is 12.5. The Morgan fingerprint density at radius 3 is 1.89 bits per heavy atom. The van der Waals surface area contributed by atoms with E-state index in [4.69, 9.17) is 9.47 Å². The van der Waals surface area contributed by atoms with Crippen LogP contribution in [0.25, 0.3) is 0 Å². The fourth-order valence-electron chi connectivity index (χ4n) is 6.06. The third kappa shape index (κ3) is 5.46. The molecule has 154 valence electrons. The summed E-state index contributed by atoms with van der Waals surface area (Å²) in [6.45, 7) is 8.67. The first-order chi connectivity index (χ1) is 12.9. The molecule has 0 amide bonds. The molecule has 5 nitrogen and oxygen atoms in total. The first-order valence-electron chi connectivity index (χ1n) is 10.9. The standard InChI is InChI=1S/C22H37NO4/c1-4-23(5-2)13-21(25)27-15-16(3)14-26-20(24)12-22-9-17-6-18(10-22)8-19(7-17)11-22/h16-19H,4-15H2,1-3H3. The second-order valence-electron chi connectivity index (χ2n) is 9.53. The van der Waals surface area contributed by atoms with Crippen molar-refractivity contribution in [2.45, 2.75) is 65.7 Å². The number of rotatable bonds is 10. The molecule has 0 saturated heterocycles. The van der Waals surface area contributed by atoms with Crippen LogP contribution in [0.1, 0.15) is 65.7 Å². The Labute approximate surface area is 164 Å². The van der Waals surface area contributed by atoms with Gasteiger partial charge in [-0.3, -0.25) is 14.5 Å². The normalized spacial score (nSPS) is 32.5. The molecule has 0 spiro atoms. The van der Waals surface area contributed by atoms with E-state index in [-0.39, 0.29) is 23.3 Å². The third-order valence-electron chi connectivity index (χ3n) is 6.99. The number of ether oxygens (including phenoxy) is 2. The maximum atomic E-state index is 12.5. The number of carbonyl (C=O) groups excluding carboxylic acids is 2. The van der Waals surface area contributed by atoms with Crippen LogP contribution < -0.4 is 0 Å². The van der Waals surface area contributed by atoms with Crippen molar-refractivity contribution in [3.63, 3.8) is 0 Å². The molecule has 4 aliphatic rings. The van der Waals surface area contributed by atoms with Crippen molar-refractivity contribution in [3.8, 4) is 0 Å². The largest absolute Gasteiger partial charge is 0.465 e. The van der Waals surface area contributed by atoms with Crippen LogP contribution in [-0.4, -0.2) is 49.7 Å². The summed E-state index contributed by atoms with van der Waals surface area (Å²) in [5.74, 6) is 2.34. The van der Waals surface area contributed by atoms with Gasteiger partial charge in [0.2, 0.25) is 0 Å². The van der Waals surface area contributed by atoms with Gasteiger partial charge in [0, 0.05) is 5.92 Å². The Kier molecular flexibility index (Phi) is 6.83. The highest BCUT2D eigenvalue weighted by Gasteiger charge is 2.51. The second kappa shape index (κ2) is 8.93. The third-order valence-corrected chi connectivity index (χ3v) is 6.99. The quantitative estimate of drug-likeness (QED) is 0.542. The lowest BCUT2D eigenvalue weighted by Gasteiger charge is -2.56. The Bertz CT molecular complexity index is 493. The molecule has 0 N–H and O–H groups in total. The van der Waals surface area contributed by atoms with Gasteiger partial charge in [0.25, 0.3) is 0 Å². The molecule has 27 heavy (non-hydrogen) atoms. The van der Waals surface area contributed by atoms with Gasteiger partial charge in [-0.25, -0.2) is 0 Å². The van der Waals surface area contributed by atoms with Gasteiger partial charge < -0.3 is 9.47 Å². The van der Waals surface area contributed by atoms with Gasteiger partial charge in [-0.2, -0.15) is 0 Å². The first kappa shape index (κ1) is 20.6. The maximum Gasteiger partial charge on any atom is 0.320 e. The van der Waals surface area contributed by atoms with Crippen molar-refractivity contribution in [2.24, 2.45) is 29.1 Å². The Hall–Kier alpha value is -1.10. The molecule has 5 heteroatoms. The van der Waals surface area contributed by atoms with E-state index in [0.717, 1.165) is 30.8 Å². The van der Waals surface area contributed by atoms with Crippen molar-refractivity contribution in [3.05, 3.63) is 0 Å². The van der Waals surface area contributed by atoms with Gasteiger partial charge in [0.15, 0.2) is 0 Å². The second-order valence-corrected chi connectivity index (χ2v) is 9.53. The van der Waals surface area contributed by atoms with Crippen molar-refractivity contribution in [2.75, 3.05) is 32.8 Å². The monoisotopic (exact) mass is 379 g/mol. The predicted octanol–water partition coefficient (Wildman–Crippen LogP) is 3.66. The average molecular weight is 380 g/mol. The minimum atomic E-state index is -0.203. The number of esters is 2. The molecular weight excluding hydrogens is 342 g/mol. The lowest BCUT2D eigenvalue weighted by atomic mass is 9.49. The Balaban J connectivity index is 1.35. The molecule has 4 fully saturated rings. The number of nitrogens with zero attached hydrogens (tertiary/aromatic N) is 1. The number of carbonyl (C=O) groups is 2. The van der Waals surface area contributed by atoms with Crippen LogP contribution in [0.15, 0.2) is 0 Å². The van der Waals surface area contributed by atoms with Crippen molar-refractivity contribution < 1.29 is 19.1 Å². The minimum absolute atomic E-state index is 0.0333. The Morgan fingerprint density at radius 2 is 1.41 bits per heavy atom. The number of likely N-dealkylation sites (N-methyl/N-ethyl adjacent to an activating group) is 1. The molecule has 0 aromatic carbocycles. The van der Waals surface area contributed by atoms with Gasteiger partial charge in [-0.05, 0) is 74.8 Å². The van der Waals surface area contributed by atoms with Crippen LogP contribution in [-0.2, 0) is 19.1 Å². The molecule has 0 aromatic heterocycles. The van der Waals surface area contributed by atoms with Crippen LogP contribution in [0.2, 0.25) is 0 Å². The summed E-state index contributed by atoms with van der Waals surface area (Å²) < 4.78 is 10.9. The molecule has 0 heterocycles. The fourth-order valence-corrected chi connectivity index (χ4v) is 6.06. The van der Waals surface area contributed by atoms with Crippen molar-refractivity contribution in [1.29, 1.82) is 0 Å². The van der Waals surface area contributed by atoms with E-state index >= 15 is 0 Å². The Morgan fingerprint density at radius 1 is 0.926 bits per heavy atom. The van der Waals surface area contributed by atoms with Crippen molar-refractivity contribution in [1.82, 2.24) is 4.90 Å². The summed E-state index contributed by atoms with van der Waals surface area (Å²) >= 11 is 0. The molecular formula is C22H37NO4. The summed E-state index contributed by atoms with van der Waals surface area (Å²) in [6.07, 6.45) is 8.45. The topological polar surface area (TPSA) is 55.8 Å². The summed E-state index contributed by atoms with van der Waals surface area (Å²) in [5.41, 5.74) is 0.227. The zero-order valence-corrected chi connectivity index (χ0v) is 17.4. The smallest absolute Gasteiger partial charge is 0.320 e. The van der Waals surface area contributed by atoms with E-state index in [9.17, 15) is 9.59 Å². The molecule has 4 saturated carbocycles. The van der Waals surface area contributed by atoms with Crippen LogP contribution in [0.4, 0.5) is 0 Å². The van der Waals surface area contributed by atoms with E-state index in [2.05, 4.69) is 0 Å². The van der Waals surface area contributed by atoms with Gasteiger partial charge >= 0.3 is 11.9 Å². The zero-order valence-electron chi connectivity index (χ0n) is 17.4. The molecule has 0 aliphatic heterocycles. The molecule has 4 rings (SSSR count). The molecule has 0 aromatic rings. The summed E-state index contributed by atoms with van der Waals surface area (Å²) in [7, 11) is 0. The van der Waals surface area contributed by atoms with Gasteiger partial charge in [-0.15, -0.1) is 0 Å². The SMILES string of the molecule is CCN(CC)CC(=O)OCC(C)COC(=O)CC12CC3CC(CC(C3)C1)C2. The fraction of sp³-hybridized carbons (Fsp3) is 0.909. The zero-order chi connectivity index (χ0) is 19.4. The lowest BCUT2D eigenvalue weighted by molar-refractivity contribution is -0.154. The number of hydrogen-bond acceptors (Lipinski definition) is 5. The van der Waals surface area contributed by atoms with Crippen LogP contribution in [0, 0.1) is 29.1 Å². The summed E-state index contributed by atoms with van der Waals surface area (Å²) in [5, 5.41) is 0. The first-order valence-corrected chi connectivity index (χ1v) is 10.9. The average Bonchev–Trinajstić information content (AvgIpc) is 2.61. The predicted molar refractivity (Wildman–Crippen MR) is 104 cm³/mol. The number of hydrogen-bond donors (Lipinski definition) is 0. The van der Waals surface area contributed by atoms with E-state index in [1.54, 1.807) is 0 Å². The molecule has 0 radical (unpaired) electrons. The van der Waals surface area contributed by atoms with Crippen LogP contribution >= 0.6 is 0 Å². The van der Waals surface area contributed by atoms with Crippen LogP contribution in [0.5, 0.6) is 0 Å². The van der Waals surface area contributed by atoms with Crippen molar-refractivity contribution >= 4 is 11.9 Å². The van der Waals surface area contributed by atoms with Gasteiger partial charge in [0.1, 0.15) is 0 Å². The van der Waals surface area contributed by atoms with E-state index in [0.29, 0.717) is 26.2 Å². The highest BCUT2D eigenvalue weighted by Crippen LogP contribution is 2.61. The van der Waals surface area contributed by atoms with E-state index < -0.39 is 0 Å². The highest BCUT2D eigenvalue weighted by molar-refractivity contribution is 5.71. The molecule has 1 atom stereocenters. The molecule has 4 aliphatic carbocycles.